The molecule has 5 heteroatoms. The second kappa shape index (κ2) is 6.82. The molecule has 0 unspecified atom stereocenters. The van der Waals surface area contributed by atoms with Crippen LogP contribution < -0.4 is 10.2 Å². The Kier molecular flexibility index (Phi) is 5.10. The minimum atomic E-state index is 0.898. The van der Waals surface area contributed by atoms with Gasteiger partial charge in [0.05, 0.1) is 5.69 Å². The summed E-state index contributed by atoms with van der Waals surface area (Å²) in [6, 6.07) is 0. The molecule has 1 aromatic heterocycles. The van der Waals surface area contributed by atoms with E-state index >= 15 is 0 Å². The maximum Gasteiger partial charge on any atom is 0.136 e. The zero-order valence-corrected chi connectivity index (χ0v) is 12.3. The predicted octanol–water partition coefficient (Wildman–Crippen LogP) is 0.900. The summed E-state index contributed by atoms with van der Waals surface area (Å²) < 4.78 is 0. The summed E-state index contributed by atoms with van der Waals surface area (Å²) in [5, 5.41) is 3.42. The summed E-state index contributed by atoms with van der Waals surface area (Å²) in [4.78, 5) is 13.5. The van der Waals surface area contributed by atoms with Crippen molar-refractivity contribution in [3.8, 4) is 0 Å². The Morgan fingerprint density at radius 1 is 1.26 bits per heavy atom. The molecule has 19 heavy (non-hydrogen) atoms. The van der Waals surface area contributed by atoms with Gasteiger partial charge in [-0.05, 0) is 34.0 Å². The molecule has 0 spiro atoms. The molecule has 1 N–H and O–H groups in total. The van der Waals surface area contributed by atoms with Crippen LogP contribution in [-0.2, 0) is 13.0 Å². The van der Waals surface area contributed by atoms with Crippen molar-refractivity contribution in [2.45, 2.75) is 26.3 Å². The predicted molar refractivity (Wildman–Crippen MR) is 78.5 cm³/mol. The van der Waals surface area contributed by atoms with Crippen LogP contribution in [0, 0.1) is 0 Å². The van der Waals surface area contributed by atoms with Crippen LogP contribution in [0.15, 0.2) is 6.33 Å². The Morgan fingerprint density at radius 2 is 2.11 bits per heavy atom. The van der Waals surface area contributed by atoms with Crippen LogP contribution in [0.1, 0.15) is 24.6 Å². The van der Waals surface area contributed by atoms with Crippen molar-refractivity contribution in [2.75, 3.05) is 45.2 Å². The highest BCUT2D eigenvalue weighted by atomic mass is 15.2. The Labute approximate surface area is 116 Å². The van der Waals surface area contributed by atoms with E-state index in [2.05, 4.69) is 46.1 Å². The van der Waals surface area contributed by atoms with Crippen LogP contribution in [0.25, 0.3) is 0 Å². The lowest BCUT2D eigenvalue weighted by atomic mass is 10.1. The maximum absolute atomic E-state index is 4.52. The van der Waals surface area contributed by atoms with E-state index in [9.17, 15) is 0 Å². The number of rotatable bonds is 6. The van der Waals surface area contributed by atoms with Gasteiger partial charge in [0, 0.05) is 38.2 Å². The van der Waals surface area contributed by atoms with Crippen LogP contribution in [0.4, 0.5) is 5.82 Å². The van der Waals surface area contributed by atoms with Crippen molar-refractivity contribution in [1.82, 2.24) is 20.2 Å². The normalized spacial score (nSPS) is 14.5. The molecule has 0 aromatic carbocycles. The molecule has 0 bridgehead atoms. The van der Waals surface area contributed by atoms with Crippen LogP contribution in [-0.4, -0.2) is 55.1 Å². The molecule has 1 aliphatic rings. The van der Waals surface area contributed by atoms with E-state index in [0.29, 0.717) is 0 Å². The van der Waals surface area contributed by atoms with Gasteiger partial charge in [-0.2, -0.15) is 0 Å². The van der Waals surface area contributed by atoms with Gasteiger partial charge in [-0.25, -0.2) is 9.97 Å². The van der Waals surface area contributed by atoms with Gasteiger partial charge >= 0.3 is 0 Å². The van der Waals surface area contributed by atoms with E-state index in [1.807, 2.05) is 0 Å². The number of nitrogens with one attached hydrogen (secondary N) is 1. The lowest BCUT2D eigenvalue weighted by molar-refractivity contribution is 0.400. The average molecular weight is 263 g/mol. The summed E-state index contributed by atoms with van der Waals surface area (Å²) in [7, 11) is 4.24. The number of anilines is 1. The second-order valence-electron chi connectivity index (χ2n) is 5.29. The third-order valence-electron chi connectivity index (χ3n) is 3.57. The molecule has 0 atom stereocenters. The molecule has 0 saturated heterocycles. The summed E-state index contributed by atoms with van der Waals surface area (Å²) >= 11 is 0. The van der Waals surface area contributed by atoms with Gasteiger partial charge in [0.2, 0.25) is 0 Å². The summed E-state index contributed by atoms with van der Waals surface area (Å²) in [5.74, 6) is 1.12. The molecule has 1 aliphatic heterocycles. The summed E-state index contributed by atoms with van der Waals surface area (Å²) in [5.41, 5.74) is 2.51. The number of aromatic nitrogens is 2. The number of nitrogens with zero attached hydrogens (tertiary/aromatic N) is 4. The van der Waals surface area contributed by atoms with E-state index in [4.69, 9.17) is 0 Å². The molecule has 0 radical (unpaired) electrons. The number of hydrogen-bond acceptors (Lipinski definition) is 5. The van der Waals surface area contributed by atoms with Crippen LogP contribution in [0.5, 0.6) is 0 Å². The number of fused-ring (bicyclic) bond motifs is 1. The zero-order valence-electron chi connectivity index (χ0n) is 12.3. The maximum atomic E-state index is 4.52. The van der Waals surface area contributed by atoms with E-state index in [-0.39, 0.29) is 0 Å². The molecule has 106 valence electrons. The molecule has 0 aliphatic carbocycles. The SMILES string of the molecule is CCN(CCCN(C)C)c1ncnc2c1CNCC2. The van der Waals surface area contributed by atoms with E-state index in [1.165, 1.54) is 11.3 Å². The first-order chi connectivity index (χ1) is 9.22. The van der Waals surface area contributed by atoms with Crippen molar-refractivity contribution in [3.05, 3.63) is 17.6 Å². The van der Waals surface area contributed by atoms with Gasteiger partial charge in [0.15, 0.2) is 0 Å². The molecule has 0 saturated carbocycles. The first-order valence-corrected chi connectivity index (χ1v) is 7.15. The molecule has 0 fully saturated rings. The molecule has 2 heterocycles. The fourth-order valence-corrected chi connectivity index (χ4v) is 2.52. The minimum Gasteiger partial charge on any atom is -0.356 e. The Bertz CT molecular complexity index is 405. The zero-order chi connectivity index (χ0) is 13.7. The van der Waals surface area contributed by atoms with Gasteiger partial charge in [-0.15, -0.1) is 0 Å². The van der Waals surface area contributed by atoms with Gasteiger partial charge < -0.3 is 15.1 Å². The first kappa shape index (κ1) is 14.2. The molecule has 5 nitrogen and oxygen atoms in total. The van der Waals surface area contributed by atoms with Crippen LogP contribution in [0.2, 0.25) is 0 Å². The highest BCUT2D eigenvalue weighted by Gasteiger charge is 2.18. The largest absolute Gasteiger partial charge is 0.356 e. The fraction of sp³-hybridized carbons (Fsp3) is 0.714. The van der Waals surface area contributed by atoms with Crippen molar-refractivity contribution >= 4 is 5.82 Å². The molecular weight excluding hydrogens is 238 g/mol. The van der Waals surface area contributed by atoms with Gasteiger partial charge in [0.25, 0.3) is 0 Å². The van der Waals surface area contributed by atoms with Crippen LogP contribution in [0.3, 0.4) is 0 Å². The summed E-state index contributed by atoms with van der Waals surface area (Å²) in [6.45, 7) is 7.28. The van der Waals surface area contributed by atoms with Crippen LogP contribution >= 0.6 is 0 Å². The Hall–Kier alpha value is -1.20. The lowest BCUT2D eigenvalue weighted by Crippen LogP contribution is -2.32. The quantitative estimate of drug-likeness (QED) is 0.826. The highest BCUT2D eigenvalue weighted by molar-refractivity contribution is 5.49. The second-order valence-corrected chi connectivity index (χ2v) is 5.29. The average Bonchev–Trinajstić information content (AvgIpc) is 2.43. The standard InChI is InChI=1S/C14H25N5/c1-4-19(9-5-8-18(2)3)14-12-10-15-7-6-13(12)16-11-17-14/h11,15H,4-10H2,1-3H3. The third-order valence-corrected chi connectivity index (χ3v) is 3.57. The van der Waals surface area contributed by atoms with Crippen molar-refractivity contribution in [2.24, 2.45) is 0 Å². The van der Waals surface area contributed by atoms with Crippen molar-refractivity contribution < 1.29 is 0 Å². The minimum absolute atomic E-state index is 0.898. The fourth-order valence-electron chi connectivity index (χ4n) is 2.52. The third kappa shape index (κ3) is 3.64. The molecular formula is C14H25N5. The van der Waals surface area contributed by atoms with E-state index < -0.39 is 0 Å². The van der Waals surface area contributed by atoms with Gasteiger partial charge in [0.1, 0.15) is 12.1 Å². The smallest absolute Gasteiger partial charge is 0.136 e. The molecule has 1 aromatic rings. The number of hydrogen-bond donors (Lipinski definition) is 1. The van der Waals surface area contributed by atoms with Crippen molar-refractivity contribution in [3.63, 3.8) is 0 Å². The van der Waals surface area contributed by atoms with Crippen molar-refractivity contribution in [1.29, 1.82) is 0 Å². The van der Waals surface area contributed by atoms with E-state index in [0.717, 1.165) is 51.4 Å². The monoisotopic (exact) mass is 263 g/mol. The van der Waals surface area contributed by atoms with Gasteiger partial charge in [-0.3, -0.25) is 0 Å². The van der Waals surface area contributed by atoms with E-state index in [1.54, 1.807) is 6.33 Å². The topological polar surface area (TPSA) is 44.3 Å². The lowest BCUT2D eigenvalue weighted by Gasteiger charge is -2.27. The Balaban J connectivity index is 2.09. The Morgan fingerprint density at radius 3 is 2.84 bits per heavy atom. The summed E-state index contributed by atoms with van der Waals surface area (Å²) in [6.07, 6.45) is 3.89. The first-order valence-electron chi connectivity index (χ1n) is 7.15. The molecule has 2 rings (SSSR count). The molecule has 0 amide bonds. The van der Waals surface area contributed by atoms with Gasteiger partial charge in [-0.1, -0.05) is 0 Å². The highest BCUT2D eigenvalue weighted by Crippen LogP contribution is 2.22.